The van der Waals surface area contributed by atoms with E-state index in [4.69, 9.17) is 0 Å². The van der Waals surface area contributed by atoms with Crippen molar-refractivity contribution in [3.63, 3.8) is 0 Å². The Morgan fingerprint density at radius 2 is 2.06 bits per heavy atom. The Morgan fingerprint density at radius 3 is 2.76 bits per heavy atom. The predicted molar refractivity (Wildman–Crippen MR) is 79.9 cm³/mol. The average Bonchev–Trinajstić information content (AvgIpc) is 2.38. The fourth-order valence-corrected chi connectivity index (χ4v) is 2.32. The van der Waals surface area contributed by atoms with Gasteiger partial charge in [-0.15, -0.1) is 6.58 Å². The molecule has 0 saturated carbocycles. The lowest BCUT2D eigenvalue weighted by Gasteiger charge is -2.12. The summed E-state index contributed by atoms with van der Waals surface area (Å²) in [5.74, 6) is 2.87. The molecule has 0 aliphatic rings. The van der Waals surface area contributed by atoms with Gasteiger partial charge in [-0.25, -0.2) is 0 Å². The third-order valence-electron chi connectivity index (χ3n) is 2.78. The normalized spacial score (nSPS) is 12.3. The molecular formula is C15H23NS. The topological polar surface area (TPSA) is 12.0 Å². The van der Waals surface area contributed by atoms with Crippen LogP contribution in [0.3, 0.4) is 0 Å². The van der Waals surface area contributed by atoms with E-state index in [-0.39, 0.29) is 0 Å². The van der Waals surface area contributed by atoms with Crippen LogP contribution in [0.25, 0.3) is 0 Å². The van der Waals surface area contributed by atoms with Crippen LogP contribution in [0.15, 0.2) is 43.0 Å². The molecule has 0 amide bonds. The molecule has 2 heteroatoms. The molecule has 0 aliphatic heterocycles. The molecule has 1 nitrogen and oxygen atoms in total. The molecule has 1 rings (SSSR count). The van der Waals surface area contributed by atoms with Gasteiger partial charge in [-0.05, 0) is 24.4 Å². The smallest absolute Gasteiger partial charge is 0.0111 e. The SMILES string of the molecule is C=CCSCCNCCC(C)c1ccccc1. The van der Waals surface area contributed by atoms with E-state index < -0.39 is 0 Å². The molecule has 0 fully saturated rings. The van der Waals surface area contributed by atoms with Gasteiger partial charge in [0, 0.05) is 18.1 Å². The summed E-state index contributed by atoms with van der Waals surface area (Å²) < 4.78 is 0. The van der Waals surface area contributed by atoms with Crippen molar-refractivity contribution in [1.29, 1.82) is 0 Å². The quantitative estimate of drug-likeness (QED) is 0.529. The van der Waals surface area contributed by atoms with E-state index in [1.807, 2.05) is 17.8 Å². The van der Waals surface area contributed by atoms with Crippen LogP contribution >= 0.6 is 11.8 Å². The highest BCUT2D eigenvalue weighted by atomic mass is 32.2. The van der Waals surface area contributed by atoms with Crippen LogP contribution in [-0.2, 0) is 0 Å². The van der Waals surface area contributed by atoms with Crippen molar-refractivity contribution in [2.75, 3.05) is 24.6 Å². The van der Waals surface area contributed by atoms with Crippen molar-refractivity contribution in [3.05, 3.63) is 48.6 Å². The number of thioether (sulfide) groups is 1. The fourth-order valence-electron chi connectivity index (χ4n) is 1.70. The summed E-state index contributed by atoms with van der Waals surface area (Å²) in [6, 6.07) is 10.7. The third-order valence-corrected chi connectivity index (χ3v) is 3.75. The maximum Gasteiger partial charge on any atom is 0.0111 e. The van der Waals surface area contributed by atoms with Crippen LogP contribution in [0.1, 0.15) is 24.8 Å². The lowest BCUT2D eigenvalue weighted by atomic mass is 9.98. The average molecular weight is 249 g/mol. The Morgan fingerprint density at radius 1 is 1.29 bits per heavy atom. The minimum Gasteiger partial charge on any atom is -0.316 e. The van der Waals surface area contributed by atoms with Crippen molar-refractivity contribution < 1.29 is 0 Å². The zero-order valence-corrected chi connectivity index (χ0v) is 11.5. The Kier molecular flexibility index (Phi) is 7.85. The Balaban J connectivity index is 2.05. The van der Waals surface area contributed by atoms with Crippen LogP contribution in [0.5, 0.6) is 0 Å². The fraction of sp³-hybridized carbons (Fsp3) is 0.467. The van der Waals surface area contributed by atoms with Crippen molar-refractivity contribution in [3.8, 4) is 0 Å². The molecule has 0 aromatic heterocycles. The molecule has 0 radical (unpaired) electrons. The Hall–Kier alpha value is -0.730. The summed E-state index contributed by atoms with van der Waals surface area (Å²) in [6.07, 6.45) is 3.16. The Bertz CT molecular complexity index is 297. The maximum absolute atomic E-state index is 3.71. The minimum atomic E-state index is 0.643. The van der Waals surface area contributed by atoms with Gasteiger partial charge >= 0.3 is 0 Å². The molecule has 94 valence electrons. The first-order chi connectivity index (χ1) is 8.34. The second kappa shape index (κ2) is 9.32. The first-order valence-corrected chi connectivity index (χ1v) is 7.44. The van der Waals surface area contributed by atoms with Gasteiger partial charge in [-0.1, -0.05) is 43.3 Å². The van der Waals surface area contributed by atoms with Gasteiger partial charge in [0.2, 0.25) is 0 Å². The van der Waals surface area contributed by atoms with Gasteiger partial charge in [-0.2, -0.15) is 11.8 Å². The van der Waals surface area contributed by atoms with Crippen molar-refractivity contribution in [1.82, 2.24) is 5.32 Å². The molecule has 0 saturated heterocycles. The second-order valence-electron chi connectivity index (χ2n) is 4.21. The summed E-state index contributed by atoms with van der Waals surface area (Å²) in [5.41, 5.74) is 1.44. The molecule has 1 unspecified atom stereocenters. The lowest BCUT2D eigenvalue weighted by Crippen LogP contribution is -2.19. The highest BCUT2D eigenvalue weighted by molar-refractivity contribution is 7.99. The lowest BCUT2D eigenvalue weighted by molar-refractivity contribution is 0.610. The molecule has 0 bridgehead atoms. The molecular weight excluding hydrogens is 226 g/mol. The molecule has 1 atom stereocenters. The van der Waals surface area contributed by atoms with Gasteiger partial charge in [0.25, 0.3) is 0 Å². The minimum absolute atomic E-state index is 0.643. The molecule has 1 N–H and O–H groups in total. The number of hydrogen-bond donors (Lipinski definition) is 1. The Labute approximate surface area is 110 Å². The molecule has 0 aliphatic carbocycles. The largest absolute Gasteiger partial charge is 0.316 e. The van der Waals surface area contributed by atoms with E-state index >= 15 is 0 Å². The van der Waals surface area contributed by atoms with E-state index in [2.05, 4.69) is 49.2 Å². The van der Waals surface area contributed by atoms with E-state index in [1.165, 1.54) is 17.7 Å². The molecule has 0 heterocycles. The molecule has 1 aromatic carbocycles. The first-order valence-electron chi connectivity index (χ1n) is 6.29. The van der Waals surface area contributed by atoms with E-state index in [1.54, 1.807) is 0 Å². The highest BCUT2D eigenvalue weighted by Gasteiger charge is 2.03. The zero-order chi connectivity index (χ0) is 12.3. The predicted octanol–water partition coefficient (Wildman–Crippen LogP) is 3.69. The molecule has 1 aromatic rings. The van der Waals surface area contributed by atoms with Crippen LogP contribution in [0, 0.1) is 0 Å². The van der Waals surface area contributed by atoms with Gasteiger partial charge in [0.1, 0.15) is 0 Å². The van der Waals surface area contributed by atoms with Crippen LogP contribution in [0.2, 0.25) is 0 Å². The molecule has 17 heavy (non-hydrogen) atoms. The number of rotatable bonds is 9. The second-order valence-corrected chi connectivity index (χ2v) is 5.36. The van der Waals surface area contributed by atoms with Gasteiger partial charge in [-0.3, -0.25) is 0 Å². The van der Waals surface area contributed by atoms with E-state index in [0.717, 1.165) is 18.8 Å². The standard InChI is InChI=1S/C15H23NS/c1-3-12-17-13-11-16-10-9-14(2)15-7-5-4-6-8-15/h3-8,14,16H,1,9-13H2,2H3. The molecule has 0 spiro atoms. The number of hydrogen-bond acceptors (Lipinski definition) is 2. The summed E-state index contributed by atoms with van der Waals surface area (Å²) in [7, 11) is 0. The van der Waals surface area contributed by atoms with Gasteiger partial charge in [0.15, 0.2) is 0 Å². The summed E-state index contributed by atoms with van der Waals surface area (Å²) in [4.78, 5) is 0. The van der Waals surface area contributed by atoms with Crippen molar-refractivity contribution >= 4 is 11.8 Å². The zero-order valence-electron chi connectivity index (χ0n) is 10.7. The summed E-state index contributed by atoms with van der Waals surface area (Å²) >= 11 is 1.93. The van der Waals surface area contributed by atoms with E-state index in [0.29, 0.717) is 5.92 Å². The summed E-state index contributed by atoms with van der Waals surface area (Å²) in [6.45, 7) is 8.20. The number of benzene rings is 1. The van der Waals surface area contributed by atoms with Crippen LogP contribution < -0.4 is 5.32 Å². The monoisotopic (exact) mass is 249 g/mol. The van der Waals surface area contributed by atoms with Crippen LogP contribution in [-0.4, -0.2) is 24.6 Å². The van der Waals surface area contributed by atoms with Crippen LogP contribution in [0.4, 0.5) is 0 Å². The van der Waals surface area contributed by atoms with Crippen molar-refractivity contribution in [2.24, 2.45) is 0 Å². The van der Waals surface area contributed by atoms with Crippen molar-refractivity contribution in [2.45, 2.75) is 19.3 Å². The number of nitrogens with one attached hydrogen (secondary N) is 1. The maximum atomic E-state index is 3.71. The van der Waals surface area contributed by atoms with E-state index in [9.17, 15) is 0 Å². The highest BCUT2D eigenvalue weighted by Crippen LogP contribution is 2.17. The first kappa shape index (κ1) is 14.3. The third kappa shape index (κ3) is 6.54. The summed E-state index contributed by atoms with van der Waals surface area (Å²) in [5, 5.41) is 3.49. The van der Waals surface area contributed by atoms with Gasteiger partial charge < -0.3 is 5.32 Å². The van der Waals surface area contributed by atoms with Gasteiger partial charge in [0.05, 0.1) is 0 Å².